The zero-order chi connectivity index (χ0) is 30.0. The Bertz CT molecular complexity index is 1650. The smallest absolute Gasteiger partial charge is 0.337 e. The zero-order valence-electron chi connectivity index (χ0n) is 22.3. The zero-order valence-corrected chi connectivity index (χ0v) is 23.8. The van der Waals surface area contributed by atoms with E-state index < -0.39 is 23.7 Å². The van der Waals surface area contributed by atoms with E-state index in [1.165, 1.54) is 24.4 Å². The summed E-state index contributed by atoms with van der Waals surface area (Å²) in [5, 5.41) is 20.3. The Morgan fingerprint density at radius 3 is 2.45 bits per heavy atom. The largest absolute Gasteiger partial charge is 0.478 e. The van der Waals surface area contributed by atoms with Crippen molar-refractivity contribution in [2.75, 3.05) is 13.1 Å². The number of carboxylic acids is 1. The van der Waals surface area contributed by atoms with Gasteiger partial charge < -0.3 is 15.3 Å². The lowest BCUT2D eigenvalue weighted by molar-refractivity contribution is 0.0683. The number of nitrogens with zero attached hydrogens (tertiary/aromatic N) is 5. The predicted molar refractivity (Wildman–Crippen MR) is 153 cm³/mol. The summed E-state index contributed by atoms with van der Waals surface area (Å²) in [6, 6.07) is 11.3. The van der Waals surface area contributed by atoms with Gasteiger partial charge in [0.2, 0.25) is 0 Å². The Morgan fingerprint density at radius 2 is 1.76 bits per heavy atom. The first-order valence-electron chi connectivity index (χ1n) is 13.1. The number of hydrogen-bond acceptors (Lipinski definition) is 6. The van der Waals surface area contributed by atoms with Crippen LogP contribution < -0.4 is 5.32 Å². The summed E-state index contributed by atoms with van der Waals surface area (Å²) >= 11 is 12.3. The quantitative estimate of drug-likeness (QED) is 0.266. The number of carbonyl (C=O) groups is 3. The third kappa shape index (κ3) is 6.12. The van der Waals surface area contributed by atoms with Crippen molar-refractivity contribution < 1.29 is 23.9 Å². The van der Waals surface area contributed by atoms with Crippen LogP contribution in [0, 0.1) is 5.82 Å². The highest BCUT2D eigenvalue weighted by Gasteiger charge is 2.26. The van der Waals surface area contributed by atoms with Gasteiger partial charge in [0.15, 0.2) is 0 Å². The summed E-state index contributed by atoms with van der Waals surface area (Å²) in [4.78, 5) is 43.2. The predicted octanol–water partition coefficient (Wildman–Crippen LogP) is 5.45. The molecule has 13 heteroatoms. The van der Waals surface area contributed by atoms with Crippen LogP contribution in [0.1, 0.15) is 68.5 Å². The van der Waals surface area contributed by atoms with Crippen molar-refractivity contribution in [3.63, 3.8) is 0 Å². The molecular weight excluding hydrogens is 586 g/mol. The van der Waals surface area contributed by atoms with Gasteiger partial charge in [0.25, 0.3) is 11.8 Å². The molecule has 4 aromatic rings. The normalized spacial score (nSPS) is 14.4. The fourth-order valence-corrected chi connectivity index (χ4v) is 5.54. The first kappa shape index (κ1) is 29.2. The number of rotatable bonds is 7. The number of hydrogen-bond donors (Lipinski definition) is 2. The molecule has 0 spiro atoms. The Hall–Kier alpha value is -4.35. The fraction of sp³-hybridized carbons (Fsp3) is 0.241. The molecule has 0 bridgehead atoms. The number of carboxylic acid groups (broad SMARTS) is 1. The molecule has 2 aromatic heterocycles. The lowest BCUT2D eigenvalue weighted by atomic mass is 10.0. The minimum absolute atomic E-state index is 0.0219. The molecule has 1 aliphatic rings. The van der Waals surface area contributed by atoms with Crippen molar-refractivity contribution in [1.82, 2.24) is 30.2 Å². The van der Waals surface area contributed by atoms with E-state index >= 15 is 0 Å². The van der Waals surface area contributed by atoms with E-state index in [-0.39, 0.29) is 38.7 Å². The van der Waals surface area contributed by atoms with Crippen LogP contribution in [0.2, 0.25) is 10.0 Å². The number of nitrogens with one attached hydrogen (secondary N) is 1. The van der Waals surface area contributed by atoms with Crippen LogP contribution in [0.3, 0.4) is 0 Å². The van der Waals surface area contributed by atoms with E-state index in [1.807, 2.05) is 0 Å². The van der Waals surface area contributed by atoms with Crippen molar-refractivity contribution in [2.24, 2.45) is 0 Å². The van der Waals surface area contributed by atoms with E-state index in [1.54, 1.807) is 47.0 Å². The van der Waals surface area contributed by atoms with Gasteiger partial charge in [-0.25, -0.2) is 13.9 Å². The van der Waals surface area contributed by atoms with Gasteiger partial charge in [-0.3, -0.25) is 14.6 Å². The molecule has 2 amide bonds. The molecule has 2 aromatic carbocycles. The maximum absolute atomic E-state index is 14.0. The molecule has 1 saturated heterocycles. The van der Waals surface area contributed by atoms with Gasteiger partial charge in [-0.2, -0.15) is 0 Å². The first-order valence-corrected chi connectivity index (χ1v) is 13.8. The second kappa shape index (κ2) is 12.3. The summed E-state index contributed by atoms with van der Waals surface area (Å²) in [7, 11) is 0. The van der Waals surface area contributed by atoms with Gasteiger partial charge in [-0.05, 0) is 62.2 Å². The standard InChI is InChI=1S/C29H25Cl2FN6O4/c1-16(25-21(30)6-7-22(32)26(25)31)34-27(39)17-3-2-4-18(13-17)28(40)37-11-9-20(10-12-37)38-15-24(35-36-38)23-8-5-19(14-33-23)29(41)42/h2-8,13-16,20H,9-12H2,1H3,(H,34,39)(H,41,42). The number of aromatic nitrogens is 4. The number of aromatic carboxylic acids is 1. The summed E-state index contributed by atoms with van der Waals surface area (Å²) in [5.41, 5.74) is 2.04. The summed E-state index contributed by atoms with van der Waals surface area (Å²) in [6.07, 6.45) is 4.33. The highest BCUT2D eigenvalue weighted by Crippen LogP contribution is 2.32. The fourth-order valence-electron chi connectivity index (χ4n) is 4.85. The third-order valence-electron chi connectivity index (χ3n) is 7.14. The second-order valence-electron chi connectivity index (χ2n) is 9.88. The molecule has 42 heavy (non-hydrogen) atoms. The minimum atomic E-state index is -1.06. The van der Waals surface area contributed by atoms with E-state index in [4.69, 9.17) is 28.3 Å². The summed E-state index contributed by atoms with van der Waals surface area (Å²) in [6.45, 7) is 2.61. The number of pyridine rings is 1. The molecule has 1 fully saturated rings. The highest BCUT2D eigenvalue weighted by molar-refractivity contribution is 6.36. The highest BCUT2D eigenvalue weighted by atomic mass is 35.5. The topological polar surface area (TPSA) is 130 Å². The third-order valence-corrected chi connectivity index (χ3v) is 7.85. The van der Waals surface area contributed by atoms with Crippen LogP contribution in [0.4, 0.5) is 4.39 Å². The second-order valence-corrected chi connectivity index (χ2v) is 10.7. The monoisotopic (exact) mass is 610 g/mol. The van der Waals surface area contributed by atoms with E-state index in [2.05, 4.69) is 20.6 Å². The maximum Gasteiger partial charge on any atom is 0.337 e. The van der Waals surface area contributed by atoms with E-state index in [0.717, 1.165) is 6.07 Å². The number of likely N-dealkylation sites (tertiary alicyclic amines) is 1. The molecule has 0 saturated carbocycles. The minimum Gasteiger partial charge on any atom is -0.478 e. The summed E-state index contributed by atoms with van der Waals surface area (Å²) < 4.78 is 15.7. The van der Waals surface area contributed by atoms with Crippen LogP contribution >= 0.6 is 23.2 Å². The number of amides is 2. The van der Waals surface area contributed by atoms with Gasteiger partial charge in [0.05, 0.1) is 34.6 Å². The molecule has 10 nitrogen and oxygen atoms in total. The Kier molecular flexibility index (Phi) is 8.51. The van der Waals surface area contributed by atoms with Gasteiger partial charge in [0.1, 0.15) is 11.5 Å². The van der Waals surface area contributed by atoms with Gasteiger partial charge in [-0.15, -0.1) is 5.10 Å². The average molecular weight is 611 g/mol. The van der Waals surface area contributed by atoms with Crippen molar-refractivity contribution >= 4 is 41.0 Å². The molecule has 0 radical (unpaired) electrons. The molecule has 216 valence electrons. The lowest BCUT2D eigenvalue weighted by Gasteiger charge is -2.32. The SMILES string of the molecule is CC(NC(=O)c1cccc(C(=O)N2CCC(n3cc(-c4ccc(C(=O)O)cn4)nn3)CC2)c1)c1c(Cl)ccc(F)c1Cl. The summed E-state index contributed by atoms with van der Waals surface area (Å²) in [5.74, 6) is -2.35. The Labute approximate surface area is 250 Å². The molecule has 1 unspecified atom stereocenters. The molecule has 0 aliphatic carbocycles. The number of carbonyl (C=O) groups excluding carboxylic acids is 2. The van der Waals surface area contributed by atoms with Gasteiger partial charge in [0, 0.05) is 41.0 Å². The Balaban J connectivity index is 1.20. The maximum atomic E-state index is 14.0. The van der Waals surface area contributed by atoms with Crippen molar-refractivity contribution in [1.29, 1.82) is 0 Å². The van der Waals surface area contributed by atoms with Crippen LogP contribution in [0.15, 0.2) is 60.9 Å². The molecule has 5 rings (SSSR count). The van der Waals surface area contributed by atoms with Crippen molar-refractivity contribution in [3.05, 3.63) is 99.0 Å². The average Bonchev–Trinajstić information content (AvgIpc) is 3.49. The molecule has 3 heterocycles. The van der Waals surface area contributed by atoms with Crippen LogP contribution in [-0.2, 0) is 0 Å². The van der Waals surface area contributed by atoms with Crippen LogP contribution in [-0.4, -0.2) is 60.9 Å². The number of benzene rings is 2. The molecule has 2 N–H and O–H groups in total. The lowest BCUT2D eigenvalue weighted by Crippen LogP contribution is -2.39. The molecular formula is C29H25Cl2FN6O4. The van der Waals surface area contributed by atoms with Crippen LogP contribution in [0.25, 0.3) is 11.4 Å². The van der Waals surface area contributed by atoms with Crippen LogP contribution in [0.5, 0.6) is 0 Å². The first-order chi connectivity index (χ1) is 20.1. The van der Waals surface area contributed by atoms with Gasteiger partial charge >= 0.3 is 5.97 Å². The Morgan fingerprint density at radius 1 is 1.02 bits per heavy atom. The van der Waals surface area contributed by atoms with E-state index in [0.29, 0.717) is 42.9 Å². The van der Waals surface area contributed by atoms with E-state index in [9.17, 15) is 18.8 Å². The number of piperidine rings is 1. The van der Waals surface area contributed by atoms with Crippen molar-refractivity contribution in [2.45, 2.75) is 31.8 Å². The number of halogens is 3. The molecule has 1 atom stereocenters. The molecule has 1 aliphatic heterocycles. The van der Waals surface area contributed by atoms with Crippen molar-refractivity contribution in [3.8, 4) is 11.4 Å². The van der Waals surface area contributed by atoms with Gasteiger partial charge in [-0.1, -0.05) is 34.5 Å².